The second kappa shape index (κ2) is 4.05. The lowest BCUT2D eigenvalue weighted by atomic mass is 10.1. The zero-order valence-electron chi connectivity index (χ0n) is 8.12. The third kappa shape index (κ3) is 2.18. The van der Waals surface area contributed by atoms with Crippen LogP contribution in [0.15, 0.2) is 0 Å². The molecule has 2 N–H and O–H groups in total. The van der Waals surface area contributed by atoms with E-state index in [0.29, 0.717) is 11.0 Å². The predicted octanol–water partition coefficient (Wildman–Crippen LogP) is 0.920. The number of carbonyl (C=O) groups is 1. The van der Waals surface area contributed by atoms with Crippen molar-refractivity contribution >= 4 is 23.1 Å². The van der Waals surface area contributed by atoms with Gasteiger partial charge in [-0.05, 0) is 26.7 Å². The Morgan fingerprint density at radius 1 is 1.69 bits per heavy atom. The Labute approximate surface area is 84.3 Å². The number of nitrogens with two attached hydrogens (primary N) is 1. The molecule has 1 aliphatic heterocycles. The minimum Gasteiger partial charge on any atom is -0.393 e. The van der Waals surface area contributed by atoms with Gasteiger partial charge in [-0.25, -0.2) is 0 Å². The van der Waals surface area contributed by atoms with Crippen LogP contribution in [-0.2, 0) is 4.79 Å². The number of rotatable bonds is 2. The molecule has 0 radical (unpaired) electrons. The van der Waals surface area contributed by atoms with Crippen molar-refractivity contribution in [2.24, 2.45) is 11.7 Å². The van der Waals surface area contributed by atoms with Gasteiger partial charge in [0.2, 0.25) is 5.91 Å². The number of hydrogen-bond donors (Lipinski definition) is 1. The van der Waals surface area contributed by atoms with E-state index in [9.17, 15) is 4.79 Å². The first kappa shape index (κ1) is 10.4. The Morgan fingerprint density at radius 2 is 2.31 bits per heavy atom. The SMILES string of the molecule is CC(C(=O)N1CCCC1C)C(N)=S. The van der Waals surface area contributed by atoms with Gasteiger partial charge in [-0.3, -0.25) is 4.79 Å². The number of likely N-dealkylation sites (tertiary alicyclic amines) is 1. The minimum atomic E-state index is -0.310. The minimum absolute atomic E-state index is 0.0810. The van der Waals surface area contributed by atoms with Crippen molar-refractivity contribution in [1.29, 1.82) is 0 Å². The second-order valence-electron chi connectivity index (χ2n) is 3.65. The molecule has 0 aliphatic carbocycles. The van der Waals surface area contributed by atoms with E-state index in [1.807, 2.05) is 4.90 Å². The molecule has 13 heavy (non-hydrogen) atoms. The van der Waals surface area contributed by atoms with Crippen LogP contribution in [0.4, 0.5) is 0 Å². The summed E-state index contributed by atoms with van der Waals surface area (Å²) < 4.78 is 0. The van der Waals surface area contributed by atoms with Gasteiger partial charge >= 0.3 is 0 Å². The van der Waals surface area contributed by atoms with E-state index in [-0.39, 0.29) is 11.8 Å². The van der Waals surface area contributed by atoms with Crippen LogP contribution in [0.3, 0.4) is 0 Å². The predicted molar refractivity (Wildman–Crippen MR) is 56.4 cm³/mol. The molecule has 1 aliphatic rings. The zero-order chi connectivity index (χ0) is 10.0. The zero-order valence-corrected chi connectivity index (χ0v) is 8.93. The van der Waals surface area contributed by atoms with Crippen molar-refractivity contribution in [3.8, 4) is 0 Å². The molecule has 0 aromatic carbocycles. The van der Waals surface area contributed by atoms with E-state index < -0.39 is 0 Å². The summed E-state index contributed by atoms with van der Waals surface area (Å²) >= 11 is 4.80. The molecule has 4 heteroatoms. The summed E-state index contributed by atoms with van der Waals surface area (Å²) in [5.41, 5.74) is 5.43. The van der Waals surface area contributed by atoms with Gasteiger partial charge in [0.25, 0.3) is 0 Å². The molecule has 1 saturated heterocycles. The molecule has 1 heterocycles. The normalized spacial score (nSPS) is 24.5. The number of carbonyl (C=O) groups excluding carboxylic acids is 1. The van der Waals surface area contributed by atoms with E-state index in [1.54, 1.807) is 6.92 Å². The number of hydrogen-bond acceptors (Lipinski definition) is 2. The highest BCUT2D eigenvalue weighted by Crippen LogP contribution is 2.18. The van der Waals surface area contributed by atoms with E-state index in [1.165, 1.54) is 0 Å². The van der Waals surface area contributed by atoms with Crippen molar-refractivity contribution in [2.75, 3.05) is 6.54 Å². The van der Waals surface area contributed by atoms with Crippen LogP contribution in [0.5, 0.6) is 0 Å². The maximum Gasteiger partial charge on any atom is 0.232 e. The monoisotopic (exact) mass is 200 g/mol. The Hall–Kier alpha value is -0.640. The van der Waals surface area contributed by atoms with Gasteiger partial charge in [0.1, 0.15) is 0 Å². The van der Waals surface area contributed by atoms with Gasteiger partial charge in [-0.1, -0.05) is 12.2 Å². The van der Waals surface area contributed by atoms with E-state index in [2.05, 4.69) is 6.92 Å². The van der Waals surface area contributed by atoms with Crippen molar-refractivity contribution in [1.82, 2.24) is 4.90 Å². The van der Waals surface area contributed by atoms with Gasteiger partial charge in [0.05, 0.1) is 10.9 Å². The molecular formula is C9H16N2OS. The third-order valence-corrected chi connectivity index (χ3v) is 2.99. The lowest BCUT2D eigenvalue weighted by Crippen LogP contribution is -2.41. The fraction of sp³-hybridized carbons (Fsp3) is 0.778. The molecule has 3 nitrogen and oxygen atoms in total. The highest BCUT2D eigenvalue weighted by atomic mass is 32.1. The topological polar surface area (TPSA) is 46.3 Å². The van der Waals surface area contributed by atoms with Gasteiger partial charge in [-0.2, -0.15) is 0 Å². The van der Waals surface area contributed by atoms with Crippen LogP contribution in [-0.4, -0.2) is 28.4 Å². The smallest absolute Gasteiger partial charge is 0.232 e. The first-order chi connectivity index (χ1) is 6.04. The molecule has 0 aromatic heterocycles. The summed E-state index contributed by atoms with van der Waals surface area (Å²) in [5, 5.41) is 0. The van der Waals surface area contributed by atoms with Crippen molar-refractivity contribution in [3.05, 3.63) is 0 Å². The van der Waals surface area contributed by atoms with Crippen LogP contribution in [0.25, 0.3) is 0 Å². The van der Waals surface area contributed by atoms with Gasteiger partial charge in [0.15, 0.2) is 0 Å². The molecule has 74 valence electrons. The summed E-state index contributed by atoms with van der Waals surface area (Å²) in [7, 11) is 0. The molecule has 0 aromatic rings. The van der Waals surface area contributed by atoms with Gasteiger partial charge in [-0.15, -0.1) is 0 Å². The van der Waals surface area contributed by atoms with Crippen LogP contribution in [0, 0.1) is 5.92 Å². The lowest BCUT2D eigenvalue weighted by Gasteiger charge is -2.24. The molecular weight excluding hydrogens is 184 g/mol. The van der Waals surface area contributed by atoms with Crippen LogP contribution in [0.2, 0.25) is 0 Å². The molecule has 1 amide bonds. The Kier molecular flexibility index (Phi) is 3.25. The average Bonchev–Trinajstić information content (AvgIpc) is 2.48. The number of thiocarbonyl (C=S) groups is 1. The van der Waals surface area contributed by atoms with Crippen molar-refractivity contribution < 1.29 is 4.79 Å². The van der Waals surface area contributed by atoms with Gasteiger partial charge < -0.3 is 10.6 Å². The summed E-state index contributed by atoms with van der Waals surface area (Å²) in [5.74, 6) is -0.229. The highest BCUT2D eigenvalue weighted by Gasteiger charge is 2.29. The Balaban J connectivity index is 2.61. The summed E-state index contributed by atoms with van der Waals surface area (Å²) in [6.07, 6.45) is 2.19. The fourth-order valence-electron chi connectivity index (χ4n) is 1.63. The molecule has 2 atom stereocenters. The average molecular weight is 200 g/mol. The summed E-state index contributed by atoms with van der Waals surface area (Å²) in [6.45, 7) is 4.69. The highest BCUT2D eigenvalue weighted by molar-refractivity contribution is 7.80. The quantitative estimate of drug-likeness (QED) is 0.674. The lowest BCUT2D eigenvalue weighted by molar-refractivity contribution is -0.133. The van der Waals surface area contributed by atoms with Crippen molar-refractivity contribution in [2.45, 2.75) is 32.7 Å². The Bertz CT molecular complexity index is 230. The largest absolute Gasteiger partial charge is 0.393 e. The second-order valence-corrected chi connectivity index (χ2v) is 4.12. The van der Waals surface area contributed by atoms with Gasteiger partial charge in [0, 0.05) is 12.6 Å². The van der Waals surface area contributed by atoms with Crippen LogP contribution in [0.1, 0.15) is 26.7 Å². The third-order valence-electron chi connectivity index (χ3n) is 2.63. The number of amides is 1. The first-order valence-electron chi connectivity index (χ1n) is 4.64. The van der Waals surface area contributed by atoms with E-state index in [4.69, 9.17) is 18.0 Å². The van der Waals surface area contributed by atoms with Crippen LogP contribution < -0.4 is 5.73 Å². The molecule has 1 fully saturated rings. The molecule has 0 saturated carbocycles. The van der Waals surface area contributed by atoms with E-state index in [0.717, 1.165) is 19.4 Å². The number of nitrogens with zero attached hydrogens (tertiary/aromatic N) is 1. The van der Waals surface area contributed by atoms with Crippen molar-refractivity contribution in [3.63, 3.8) is 0 Å². The fourth-order valence-corrected chi connectivity index (χ4v) is 1.73. The van der Waals surface area contributed by atoms with E-state index >= 15 is 0 Å². The maximum absolute atomic E-state index is 11.8. The molecule has 2 unspecified atom stereocenters. The standard InChI is InChI=1S/C9H16N2OS/c1-6-4-3-5-11(6)9(12)7(2)8(10)13/h6-7H,3-5H2,1-2H3,(H2,10,13). The maximum atomic E-state index is 11.8. The summed E-state index contributed by atoms with van der Waals surface area (Å²) in [6, 6.07) is 0.351. The Morgan fingerprint density at radius 3 is 2.69 bits per heavy atom. The first-order valence-corrected chi connectivity index (χ1v) is 5.04. The summed E-state index contributed by atoms with van der Waals surface area (Å²) in [4.78, 5) is 13.9. The molecule has 0 spiro atoms. The van der Waals surface area contributed by atoms with Crippen LogP contribution >= 0.6 is 12.2 Å². The molecule has 1 rings (SSSR count). The molecule has 0 bridgehead atoms.